The zero-order valence-corrected chi connectivity index (χ0v) is 21.2. The van der Waals surface area contributed by atoms with Crippen LogP contribution < -0.4 is 4.74 Å². The van der Waals surface area contributed by atoms with Gasteiger partial charge in [0.25, 0.3) is 0 Å². The molecule has 3 rings (SSSR count). The Bertz CT molecular complexity index is 958. The van der Waals surface area contributed by atoms with Crippen LogP contribution in [0.15, 0.2) is 29.6 Å². The van der Waals surface area contributed by atoms with Crippen molar-refractivity contribution in [2.45, 2.75) is 46.6 Å². The van der Waals surface area contributed by atoms with Gasteiger partial charge in [0.1, 0.15) is 19.0 Å². The molecule has 1 aliphatic heterocycles. The zero-order valence-electron chi connectivity index (χ0n) is 20.4. The average molecular weight is 473 g/mol. The summed E-state index contributed by atoms with van der Waals surface area (Å²) in [6.07, 6.45) is 1.77. The van der Waals surface area contributed by atoms with Crippen LogP contribution in [0.1, 0.15) is 47.9 Å². The number of fused-ring (bicyclic) bond motifs is 1. The van der Waals surface area contributed by atoms with Crippen LogP contribution in [0.3, 0.4) is 0 Å². The minimum Gasteiger partial charge on any atom is -0.491 e. The van der Waals surface area contributed by atoms with Crippen molar-refractivity contribution in [3.63, 3.8) is 0 Å². The third-order valence-electron chi connectivity index (χ3n) is 6.32. The summed E-state index contributed by atoms with van der Waals surface area (Å²) in [5.41, 5.74) is 3.43. The van der Waals surface area contributed by atoms with Gasteiger partial charge in [-0.05, 0) is 54.8 Å². The predicted molar refractivity (Wildman–Crippen MR) is 132 cm³/mol. The Morgan fingerprint density at radius 1 is 1.27 bits per heavy atom. The molecule has 1 aromatic carbocycles. The number of hydrogen-bond donors (Lipinski definition) is 0. The van der Waals surface area contributed by atoms with E-state index in [9.17, 15) is 9.59 Å². The summed E-state index contributed by atoms with van der Waals surface area (Å²) in [5.74, 6) is 0.951. The molecule has 33 heavy (non-hydrogen) atoms. The number of carbonyl (C=O) groups excluding carboxylic acids is 2. The summed E-state index contributed by atoms with van der Waals surface area (Å²) in [7, 11) is 1.50. The molecule has 1 aromatic heterocycles. The van der Waals surface area contributed by atoms with Gasteiger partial charge < -0.3 is 19.3 Å². The third kappa shape index (κ3) is 6.36. The van der Waals surface area contributed by atoms with E-state index >= 15 is 0 Å². The van der Waals surface area contributed by atoms with Gasteiger partial charge in [-0.15, -0.1) is 11.3 Å². The molecule has 0 spiro atoms. The highest BCUT2D eigenvalue weighted by Gasteiger charge is 2.33. The molecule has 7 heteroatoms. The number of thiophene rings is 1. The van der Waals surface area contributed by atoms with E-state index < -0.39 is 0 Å². The van der Waals surface area contributed by atoms with Gasteiger partial charge in [-0.3, -0.25) is 9.59 Å². The van der Waals surface area contributed by atoms with Crippen molar-refractivity contribution in [2.24, 2.45) is 5.92 Å². The largest absolute Gasteiger partial charge is 0.491 e. The summed E-state index contributed by atoms with van der Waals surface area (Å²) in [6, 6.07) is 8.06. The maximum atomic E-state index is 13.5. The van der Waals surface area contributed by atoms with Gasteiger partial charge in [0.05, 0.1) is 12.6 Å². The second kappa shape index (κ2) is 11.7. The number of nitrogens with zero attached hydrogens (tertiary/aromatic N) is 2. The van der Waals surface area contributed by atoms with E-state index in [1.54, 1.807) is 16.2 Å². The molecule has 0 fully saturated rings. The Morgan fingerprint density at radius 2 is 2.06 bits per heavy atom. The molecule has 0 saturated heterocycles. The number of ether oxygens (including phenoxy) is 2. The highest BCUT2D eigenvalue weighted by molar-refractivity contribution is 7.10. The van der Waals surface area contributed by atoms with Gasteiger partial charge in [0.2, 0.25) is 11.8 Å². The summed E-state index contributed by atoms with van der Waals surface area (Å²) < 4.78 is 11.3. The topological polar surface area (TPSA) is 59.1 Å². The predicted octanol–water partition coefficient (Wildman–Crippen LogP) is 4.39. The number of rotatable bonds is 10. The molecule has 0 radical (unpaired) electrons. The fourth-order valence-electron chi connectivity index (χ4n) is 4.23. The molecule has 2 atom stereocenters. The van der Waals surface area contributed by atoms with Crippen molar-refractivity contribution in [3.8, 4) is 5.75 Å². The lowest BCUT2D eigenvalue weighted by Gasteiger charge is -2.37. The highest BCUT2D eigenvalue weighted by Crippen LogP contribution is 2.34. The molecule has 6 nitrogen and oxygen atoms in total. The molecular weight excluding hydrogens is 436 g/mol. The Balaban J connectivity index is 1.78. The fourth-order valence-corrected chi connectivity index (χ4v) is 5.16. The van der Waals surface area contributed by atoms with Crippen molar-refractivity contribution in [3.05, 3.63) is 51.2 Å². The summed E-state index contributed by atoms with van der Waals surface area (Å²) >= 11 is 1.73. The number of methoxy groups -OCH3 is 1. The molecule has 1 aliphatic rings. The van der Waals surface area contributed by atoms with Crippen molar-refractivity contribution in [1.82, 2.24) is 9.80 Å². The summed E-state index contributed by atoms with van der Waals surface area (Å²) in [6.45, 7) is 9.89. The monoisotopic (exact) mass is 472 g/mol. The maximum absolute atomic E-state index is 13.5. The summed E-state index contributed by atoms with van der Waals surface area (Å²) in [5, 5.41) is 2.08. The Hall–Kier alpha value is -2.38. The molecule has 2 heterocycles. The lowest BCUT2D eigenvalue weighted by atomic mass is 10.00. The molecule has 2 aromatic rings. The van der Waals surface area contributed by atoms with Crippen LogP contribution in [0.4, 0.5) is 0 Å². The lowest BCUT2D eigenvalue weighted by molar-refractivity contribution is -0.145. The van der Waals surface area contributed by atoms with Crippen molar-refractivity contribution < 1.29 is 19.1 Å². The first-order valence-electron chi connectivity index (χ1n) is 11.7. The van der Waals surface area contributed by atoms with Crippen LogP contribution in [-0.2, 0) is 20.7 Å². The molecule has 0 aliphatic carbocycles. The molecular formula is C26H36N2O4S. The van der Waals surface area contributed by atoms with Crippen LogP contribution in [0.2, 0.25) is 0 Å². The molecule has 2 amide bonds. The number of benzene rings is 1. The lowest BCUT2D eigenvalue weighted by Crippen LogP contribution is -2.49. The maximum Gasteiger partial charge on any atom is 0.249 e. The first-order chi connectivity index (χ1) is 15.8. The molecule has 0 bridgehead atoms. The SMILES string of the molecule is CC[C@H](C)CN(CC(=O)N1CCc2sccc2[C@@H]1COc1ccc(C)cc1C)C(=O)COC. The normalized spacial score (nSPS) is 16.3. The van der Waals surface area contributed by atoms with Crippen LogP contribution in [-0.4, -0.2) is 61.6 Å². The van der Waals surface area contributed by atoms with Crippen molar-refractivity contribution in [1.29, 1.82) is 0 Å². The zero-order chi connectivity index (χ0) is 24.0. The van der Waals surface area contributed by atoms with Crippen molar-refractivity contribution in [2.75, 3.05) is 40.0 Å². The average Bonchev–Trinajstić information content (AvgIpc) is 3.27. The van der Waals surface area contributed by atoms with Gasteiger partial charge in [-0.25, -0.2) is 0 Å². The standard InChI is InChI=1S/C26H36N2O4S/c1-6-18(2)14-27(26(30)17-31-5)15-25(29)28-11-9-24-21(10-12-33-24)22(28)16-32-23-8-7-19(3)13-20(23)4/h7-8,10,12-13,18,22H,6,9,11,14-17H2,1-5H3/t18-,22-/m0/s1. The number of hydrogen-bond acceptors (Lipinski definition) is 5. The van der Waals surface area contributed by atoms with Gasteiger partial charge in [0, 0.05) is 25.1 Å². The number of amides is 2. The second-order valence-corrected chi connectivity index (χ2v) is 9.95. The minimum atomic E-state index is -0.170. The highest BCUT2D eigenvalue weighted by atomic mass is 32.1. The van der Waals surface area contributed by atoms with Crippen LogP contribution >= 0.6 is 11.3 Å². The van der Waals surface area contributed by atoms with E-state index in [2.05, 4.69) is 38.3 Å². The van der Waals surface area contributed by atoms with E-state index in [1.807, 2.05) is 24.0 Å². The third-order valence-corrected chi connectivity index (χ3v) is 7.31. The number of aryl methyl sites for hydroxylation is 2. The van der Waals surface area contributed by atoms with E-state index in [0.29, 0.717) is 25.6 Å². The van der Waals surface area contributed by atoms with E-state index in [-0.39, 0.29) is 31.0 Å². The first-order valence-corrected chi connectivity index (χ1v) is 12.5. The fraction of sp³-hybridized carbons (Fsp3) is 0.538. The van der Waals surface area contributed by atoms with Crippen molar-refractivity contribution >= 4 is 23.2 Å². The molecule has 180 valence electrons. The molecule has 0 saturated carbocycles. The second-order valence-electron chi connectivity index (χ2n) is 8.95. The van der Waals surface area contributed by atoms with Gasteiger partial charge in [-0.1, -0.05) is 38.0 Å². The number of carbonyl (C=O) groups is 2. The van der Waals surface area contributed by atoms with E-state index in [0.717, 1.165) is 29.7 Å². The summed E-state index contributed by atoms with van der Waals surface area (Å²) in [4.78, 5) is 31.0. The van der Waals surface area contributed by atoms with E-state index in [4.69, 9.17) is 9.47 Å². The van der Waals surface area contributed by atoms with Crippen LogP contribution in [0.5, 0.6) is 5.75 Å². The molecule has 0 unspecified atom stereocenters. The van der Waals surface area contributed by atoms with Crippen LogP contribution in [0, 0.1) is 19.8 Å². The van der Waals surface area contributed by atoms with Gasteiger partial charge in [-0.2, -0.15) is 0 Å². The van der Waals surface area contributed by atoms with Gasteiger partial charge in [0.15, 0.2) is 0 Å². The Labute approximate surface area is 201 Å². The van der Waals surface area contributed by atoms with Gasteiger partial charge >= 0.3 is 0 Å². The quantitative estimate of drug-likeness (QED) is 0.515. The first kappa shape index (κ1) is 25.2. The van der Waals surface area contributed by atoms with E-state index in [1.165, 1.54) is 17.6 Å². The molecule has 0 N–H and O–H groups in total. The Kier molecular flexibility index (Phi) is 8.92. The van der Waals surface area contributed by atoms with Crippen LogP contribution in [0.25, 0.3) is 0 Å². The minimum absolute atomic E-state index is 0.0162. The Morgan fingerprint density at radius 3 is 2.76 bits per heavy atom. The smallest absolute Gasteiger partial charge is 0.249 e.